The summed E-state index contributed by atoms with van der Waals surface area (Å²) in [6.07, 6.45) is 3.05. The smallest absolute Gasteiger partial charge is 0.284 e. The second-order valence-electron chi connectivity index (χ2n) is 6.19. The average Bonchev–Trinajstić information content (AvgIpc) is 2.74. The number of aliphatic hydroxyl groups excluding tert-OH is 1. The van der Waals surface area contributed by atoms with Gasteiger partial charge in [-0.25, -0.2) is 0 Å². The third-order valence-electron chi connectivity index (χ3n) is 4.11. The molecule has 0 saturated carbocycles. The fourth-order valence-corrected chi connectivity index (χ4v) is 2.80. The van der Waals surface area contributed by atoms with Gasteiger partial charge in [-0.05, 0) is 30.3 Å². The average molecular weight is 415 g/mol. The molecule has 1 amide bonds. The van der Waals surface area contributed by atoms with Crippen LogP contribution in [0.15, 0.2) is 59.7 Å². The van der Waals surface area contributed by atoms with Crippen LogP contribution in [0, 0.1) is 0 Å². The number of hydrogen-bond donors (Lipinski definition) is 2. The van der Waals surface area contributed by atoms with Crippen molar-refractivity contribution in [3.63, 3.8) is 0 Å². The molecule has 1 atom stereocenters. The van der Waals surface area contributed by atoms with Crippen LogP contribution in [0.3, 0.4) is 0 Å². The highest BCUT2D eigenvalue weighted by Gasteiger charge is 2.20. The monoisotopic (exact) mass is 414 g/mol. The van der Waals surface area contributed by atoms with Gasteiger partial charge in [0.25, 0.3) is 11.5 Å². The summed E-state index contributed by atoms with van der Waals surface area (Å²) >= 11 is 5.95. The van der Waals surface area contributed by atoms with Gasteiger partial charge in [0.2, 0.25) is 0 Å². The third kappa shape index (κ3) is 4.86. The van der Waals surface area contributed by atoms with E-state index in [0.29, 0.717) is 22.0 Å². The third-order valence-corrected chi connectivity index (χ3v) is 4.36. The van der Waals surface area contributed by atoms with Crippen molar-refractivity contribution in [1.82, 2.24) is 20.1 Å². The molecule has 0 saturated heterocycles. The summed E-state index contributed by atoms with van der Waals surface area (Å²) in [5.41, 5.74) is 0.767. The first-order valence-corrected chi connectivity index (χ1v) is 9.12. The van der Waals surface area contributed by atoms with Gasteiger partial charge in [0.15, 0.2) is 0 Å². The van der Waals surface area contributed by atoms with E-state index in [1.165, 1.54) is 19.4 Å². The second kappa shape index (κ2) is 9.42. The van der Waals surface area contributed by atoms with Crippen molar-refractivity contribution >= 4 is 17.5 Å². The van der Waals surface area contributed by atoms with Crippen LogP contribution in [-0.4, -0.2) is 52.1 Å². The zero-order valence-corrected chi connectivity index (χ0v) is 16.3. The summed E-state index contributed by atoms with van der Waals surface area (Å²) in [5.74, 6) is -0.638. The summed E-state index contributed by atoms with van der Waals surface area (Å²) < 4.78 is 6.09. The molecular weight excluding hydrogens is 396 g/mol. The Bertz CT molecular complexity index is 1040. The number of rotatable bonds is 7. The zero-order chi connectivity index (χ0) is 20.8. The number of methoxy groups -OCH3 is 1. The number of benzene rings is 1. The van der Waals surface area contributed by atoms with Crippen LogP contribution < -0.4 is 10.9 Å². The van der Waals surface area contributed by atoms with Gasteiger partial charge in [-0.15, -0.1) is 0 Å². The number of hydrogen-bond acceptors (Lipinski definition) is 6. The minimum atomic E-state index is -0.647. The number of ether oxygens (including phenoxy) is 1. The Kier molecular flexibility index (Phi) is 6.71. The molecular formula is C20H19ClN4O4. The molecule has 0 bridgehead atoms. The predicted molar refractivity (Wildman–Crippen MR) is 108 cm³/mol. The number of nitrogens with zero attached hydrogens (tertiary/aromatic N) is 3. The molecule has 9 heteroatoms. The molecule has 1 aromatic carbocycles. The van der Waals surface area contributed by atoms with Gasteiger partial charge in [0.05, 0.1) is 36.8 Å². The van der Waals surface area contributed by atoms with Crippen molar-refractivity contribution in [2.75, 3.05) is 20.3 Å². The lowest BCUT2D eigenvalue weighted by Crippen LogP contribution is -2.43. The second-order valence-corrected chi connectivity index (χ2v) is 6.62. The quantitative estimate of drug-likeness (QED) is 0.609. The van der Waals surface area contributed by atoms with E-state index in [-0.39, 0.29) is 18.8 Å². The van der Waals surface area contributed by atoms with E-state index in [1.807, 2.05) is 0 Å². The first-order valence-electron chi connectivity index (χ1n) is 8.75. The molecule has 0 radical (unpaired) electrons. The normalized spacial score (nSPS) is 11.8. The molecule has 8 nitrogen and oxygen atoms in total. The van der Waals surface area contributed by atoms with Crippen molar-refractivity contribution in [2.24, 2.45) is 0 Å². The summed E-state index contributed by atoms with van der Waals surface area (Å²) in [4.78, 5) is 29.8. The van der Waals surface area contributed by atoms with Gasteiger partial charge >= 0.3 is 0 Å². The summed E-state index contributed by atoms with van der Waals surface area (Å²) in [7, 11) is 1.45. The van der Waals surface area contributed by atoms with Crippen LogP contribution in [0.2, 0.25) is 5.02 Å². The number of amides is 1. The van der Waals surface area contributed by atoms with Gasteiger partial charge < -0.3 is 15.2 Å². The zero-order valence-electron chi connectivity index (χ0n) is 15.6. The largest absolute Gasteiger partial charge is 0.394 e. The maximum Gasteiger partial charge on any atom is 0.284 e. The minimum absolute atomic E-state index is 0.105. The molecule has 0 aliphatic rings. The lowest BCUT2D eigenvalue weighted by molar-refractivity contribution is 0.0837. The standard InChI is InChI=1S/C20H19ClN4O4/c1-29-12-15(11-26)23-19(27)17-9-18(13-4-6-14(21)7-5-13)24-25(20(17)28)16-3-2-8-22-10-16/h2-10,15,26H,11-12H2,1H3,(H,23,27)/t15-/m0/s1. The van der Waals surface area contributed by atoms with Crippen molar-refractivity contribution in [1.29, 1.82) is 0 Å². The number of pyridine rings is 1. The molecule has 2 aromatic heterocycles. The molecule has 2 heterocycles. The number of aromatic nitrogens is 3. The first-order chi connectivity index (χ1) is 14.0. The fraction of sp³-hybridized carbons (Fsp3) is 0.200. The molecule has 29 heavy (non-hydrogen) atoms. The lowest BCUT2D eigenvalue weighted by atomic mass is 10.1. The van der Waals surface area contributed by atoms with Crippen molar-refractivity contribution < 1.29 is 14.6 Å². The Labute approximate surface area is 171 Å². The SMILES string of the molecule is COC[C@H](CO)NC(=O)c1cc(-c2ccc(Cl)cc2)nn(-c2cccnc2)c1=O. The Balaban J connectivity index is 2.11. The highest BCUT2D eigenvalue weighted by atomic mass is 35.5. The molecule has 0 aliphatic carbocycles. The molecule has 0 unspecified atom stereocenters. The molecule has 2 N–H and O–H groups in total. The number of nitrogens with one attached hydrogen (secondary N) is 1. The van der Waals surface area contributed by atoms with Gasteiger partial charge in [-0.1, -0.05) is 23.7 Å². The fourth-order valence-electron chi connectivity index (χ4n) is 2.68. The minimum Gasteiger partial charge on any atom is -0.394 e. The van der Waals surface area contributed by atoms with Crippen LogP contribution in [0.4, 0.5) is 0 Å². The van der Waals surface area contributed by atoms with Crippen LogP contribution in [0.25, 0.3) is 16.9 Å². The van der Waals surface area contributed by atoms with Gasteiger partial charge in [0, 0.05) is 23.9 Å². The maximum atomic E-state index is 13.0. The Morgan fingerprint density at radius 2 is 2.07 bits per heavy atom. The van der Waals surface area contributed by atoms with Crippen LogP contribution in [0.1, 0.15) is 10.4 Å². The van der Waals surface area contributed by atoms with E-state index in [1.54, 1.807) is 42.6 Å². The van der Waals surface area contributed by atoms with Gasteiger partial charge in [-0.3, -0.25) is 14.6 Å². The van der Waals surface area contributed by atoms with E-state index >= 15 is 0 Å². The highest BCUT2D eigenvalue weighted by Crippen LogP contribution is 2.20. The molecule has 0 spiro atoms. The van der Waals surface area contributed by atoms with Crippen LogP contribution in [0.5, 0.6) is 0 Å². The van der Waals surface area contributed by atoms with Crippen LogP contribution >= 0.6 is 11.6 Å². The maximum absolute atomic E-state index is 13.0. The number of halogens is 1. The molecule has 150 valence electrons. The topological polar surface area (TPSA) is 106 Å². The van der Waals surface area contributed by atoms with E-state index in [2.05, 4.69) is 15.4 Å². The van der Waals surface area contributed by atoms with Crippen molar-refractivity contribution in [2.45, 2.75) is 6.04 Å². The van der Waals surface area contributed by atoms with E-state index < -0.39 is 17.5 Å². The van der Waals surface area contributed by atoms with Gasteiger partial charge in [-0.2, -0.15) is 9.78 Å². The lowest BCUT2D eigenvalue weighted by Gasteiger charge is -2.16. The predicted octanol–water partition coefficient (Wildman–Crippen LogP) is 1.68. The first kappa shape index (κ1) is 20.7. The summed E-state index contributed by atoms with van der Waals surface area (Å²) in [6, 6.07) is 11.0. The molecule has 3 aromatic rings. The van der Waals surface area contributed by atoms with Crippen LogP contribution in [-0.2, 0) is 4.74 Å². The number of aliphatic hydroxyl groups is 1. The van der Waals surface area contributed by atoms with Gasteiger partial charge in [0.1, 0.15) is 5.56 Å². The van der Waals surface area contributed by atoms with E-state index in [9.17, 15) is 14.7 Å². The number of carbonyl (C=O) groups excluding carboxylic acids is 1. The number of carbonyl (C=O) groups is 1. The van der Waals surface area contributed by atoms with Crippen molar-refractivity contribution in [3.8, 4) is 16.9 Å². The molecule has 3 rings (SSSR count). The molecule has 0 aliphatic heterocycles. The van der Waals surface area contributed by atoms with E-state index in [0.717, 1.165) is 4.68 Å². The Hall–Kier alpha value is -3.07. The summed E-state index contributed by atoms with van der Waals surface area (Å²) in [6.45, 7) is -0.223. The highest BCUT2D eigenvalue weighted by molar-refractivity contribution is 6.30. The summed E-state index contributed by atoms with van der Waals surface area (Å²) in [5, 5.41) is 16.9. The molecule has 0 fully saturated rings. The Morgan fingerprint density at radius 3 is 2.69 bits per heavy atom. The van der Waals surface area contributed by atoms with E-state index in [4.69, 9.17) is 16.3 Å². The Morgan fingerprint density at radius 1 is 1.31 bits per heavy atom. The van der Waals surface area contributed by atoms with Crippen molar-refractivity contribution in [3.05, 3.63) is 75.8 Å².